The molecule has 5 heteroatoms. The minimum Gasteiger partial charge on any atom is -0.354 e. The zero-order valence-electron chi connectivity index (χ0n) is 8.31. The Kier molecular flexibility index (Phi) is 2.98. The predicted octanol–water partition coefficient (Wildman–Crippen LogP) is 2.77. The number of aromatic nitrogens is 1. The highest BCUT2D eigenvalue weighted by molar-refractivity contribution is 5.72. The molecular formula is C11H10FN3O. The SMILES string of the molecule is ONc1cnccc1Nc1ccc(F)cc1. The molecule has 0 unspecified atom stereocenters. The molecule has 0 aliphatic carbocycles. The fraction of sp³-hybridized carbons (Fsp3) is 0. The largest absolute Gasteiger partial charge is 0.354 e. The molecule has 0 radical (unpaired) electrons. The maximum atomic E-state index is 12.7. The summed E-state index contributed by atoms with van der Waals surface area (Å²) in [7, 11) is 0. The molecule has 0 amide bonds. The maximum absolute atomic E-state index is 12.7. The smallest absolute Gasteiger partial charge is 0.123 e. The molecule has 0 atom stereocenters. The predicted molar refractivity (Wildman–Crippen MR) is 59.3 cm³/mol. The lowest BCUT2D eigenvalue weighted by atomic mass is 10.3. The van der Waals surface area contributed by atoms with E-state index in [0.717, 1.165) is 5.69 Å². The van der Waals surface area contributed by atoms with Gasteiger partial charge in [-0.2, -0.15) is 0 Å². The molecule has 16 heavy (non-hydrogen) atoms. The molecule has 0 spiro atoms. The number of rotatable bonds is 3. The van der Waals surface area contributed by atoms with Crippen molar-refractivity contribution in [2.24, 2.45) is 0 Å². The molecular weight excluding hydrogens is 209 g/mol. The van der Waals surface area contributed by atoms with E-state index < -0.39 is 0 Å². The first kappa shape index (κ1) is 10.4. The second kappa shape index (κ2) is 4.59. The molecule has 2 aromatic rings. The van der Waals surface area contributed by atoms with Gasteiger partial charge in [-0.25, -0.2) is 4.39 Å². The summed E-state index contributed by atoms with van der Waals surface area (Å²) in [6, 6.07) is 7.63. The van der Waals surface area contributed by atoms with Gasteiger partial charge in [-0.15, -0.1) is 0 Å². The number of pyridine rings is 1. The Morgan fingerprint density at radius 1 is 1.06 bits per heavy atom. The van der Waals surface area contributed by atoms with Crippen LogP contribution >= 0.6 is 0 Å². The number of hydrogen-bond acceptors (Lipinski definition) is 4. The van der Waals surface area contributed by atoms with Crippen molar-refractivity contribution in [2.75, 3.05) is 10.8 Å². The first-order chi connectivity index (χ1) is 7.79. The van der Waals surface area contributed by atoms with Crippen molar-refractivity contribution in [1.29, 1.82) is 0 Å². The first-order valence-electron chi connectivity index (χ1n) is 4.66. The molecule has 0 aliphatic rings. The summed E-state index contributed by atoms with van der Waals surface area (Å²) < 4.78 is 12.7. The van der Waals surface area contributed by atoms with E-state index in [1.165, 1.54) is 18.3 Å². The van der Waals surface area contributed by atoms with Gasteiger partial charge in [-0.05, 0) is 30.3 Å². The molecule has 0 saturated carbocycles. The Morgan fingerprint density at radius 2 is 1.81 bits per heavy atom. The van der Waals surface area contributed by atoms with E-state index in [9.17, 15) is 4.39 Å². The van der Waals surface area contributed by atoms with Crippen molar-refractivity contribution in [3.63, 3.8) is 0 Å². The average molecular weight is 219 g/mol. The van der Waals surface area contributed by atoms with Gasteiger partial charge in [-0.3, -0.25) is 15.7 Å². The first-order valence-corrected chi connectivity index (χ1v) is 4.66. The Labute approximate surface area is 91.7 Å². The van der Waals surface area contributed by atoms with Gasteiger partial charge < -0.3 is 5.32 Å². The third kappa shape index (κ3) is 2.26. The lowest BCUT2D eigenvalue weighted by Crippen LogP contribution is -1.97. The van der Waals surface area contributed by atoms with Gasteiger partial charge in [0.15, 0.2) is 0 Å². The van der Waals surface area contributed by atoms with Crippen LogP contribution in [0.3, 0.4) is 0 Å². The number of halogens is 1. The summed E-state index contributed by atoms with van der Waals surface area (Å²) in [6.45, 7) is 0. The molecule has 0 saturated heterocycles. The average Bonchev–Trinajstić information content (AvgIpc) is 2.33. The van der Waals surface area contributed by atoms with E-state index in [1.807, 2.05) is 5.48 Å². The molecule has 0 bridgehead atoms. The van der Waals surface area contributed by atoms with Crippen LogP contribution in [0.1, 0.15) is 0 Å². The lowest BCUT2D eigenvalue weighted by Gasteiger charge is -2.09. The van der Waals surface area contributed by atoms with Crippen molar-refractivity contribution in [3.8, 4) is 0 Å². The number of nitrogens with zero attached hydrogens (tertiary/aromatic N) is 1. The van der Waals surface area contributed by atoms with Crippen LogP contribution < -0.4 is 10.8 Å². The molecule has 0 fully saturated rings. The Morgan fingerprint density at radius 3 is 2.50 bits per heavy atom. The standard InChI is InChI=1S/C11H10FN3O/c12-8-1-3-9(4-2-8)14-10-5-6-13-7-11(10)15-16/h1-7,15-16H,(H,13,14). The van der Waals surface area contributed by atoms with E-state index in [2.05, 4.69) is 10.3 Å². The van der Waals surface area contributed by atoms with Crippen LogP contribution in [0, 0.1) is 5.82 Å². The van der Waals surface area contributed by atoms with E-state index in [4.69, 9.17) is 5.21 Å². The fourth-order valence-corrected chi connectivity index (χ4v) is 1.28. The molecule has 82 valence electrons. The Hall–Kier alpha value is -2.14. The Bertz CT molecular complexity index is 473. The van der Waals surface area contributed by atoms with E-state index in [0.29, 0.717) is 11.4 Å². The second-order valence-electron chi connectivity index (χ2n) is 3.16. The summed E-state index contributed by atoms with van der Waals surface area (Å²) in [5.41, 5.74) is 3.86. The molecule has 4 nitrogen and oxygen atoms in total. The second-order valence-corrected chi connectivity index (χ2v) is 3.16. The molecule has 2 rings (SSSR count). The molecule has 0 aliphatic heterocycles. The lowest BCUT2D eigenvalue weighted by molar-refractivity contribution is 0.389. The molecule has 1 aromatic carbocycles. The summed E-state index contributed by atoms with van der Waals surface area (Å²) >= 11 is 0. The summed E-state index contributed by atoms with van der Waals surface area (Å²) in [5, 5.41) is 11.9. The van der Waals surface area contributed by atoms with Crippen molar-refractivity contribution in [2.45, 2.75) is 0 Å². The molecule has 3 N–H and O–H groups in total. The van der Waals surface area contributed by atoms with Crippen molar-refractivity contribution < 1.29 is 9.60 Å². The highest BCUT2D eigenvalue weighted by Crippen LogP contribution is 2.23. The van der Waals surface area contributed by atoms with Gasteiger partial charge in [-0.1, -0.05) is 0 Å². The van der Waals surface area contributed by atoms with Crippen molar-refractivity contribution in [1.82, 2.24) is 4.98 Å². The zero-order valence-corrected chi connectivity index (χ0v) is 8.31. The summed E-state index contributed by atoms with van der Waals surface area (Å²) in [4.78, 5) is 3.85. The van der Waals surface area contributed by atoms with Crippen molar-refractivity contribution >= 4 is 17.1 Å². The van der Waals surface area contributed by atoms with E-state index in [1.54, 1.807) is 24.4 Å². The van der Waals surface area contributed by atoms with E-state index >= 15 is 0 Å². The summed E-state index contributed by atoms with van der Waals surface area (Å²) in [6.07, 6.45) is 3.07. The topological polar surface area (TPSA) is 57.2 Å². The number of anilines is 3. The van der Waals surface area contributed by atoms with Crippen LogP contribution in [0.5, 0.6) is 0 Å². The minimum atomic E-state index is -0.291. The molecule has 1 aromatic heterocycles. The highest BCUT2D eigenvalue weighted by Gasteiger charge is 2.01. The van der Waals surface area contributed by atoms with Crippen LogP contribution in [0.2, 0.25) is 0 Å². The number of hydrogen-bond donors (Lipinski definition) is 3. The Balaban J connectivity index is 2.23. The monoisotopic (exact) mass is 219 g/mol. The van der Waals surface area contributed by atoms with Crippen LogP contribution in [0.15, 0.2) is 42.7 Å². The van der Waals surface area contributed by atoms with Crippen LogP contribution in [0.25, 0.3) is 0 Å². The zero-order chi connectivity index (χ0) is 11.4. The summed E-state index contributed by atoms with van der Waals surface area (Å²) in [5.74, 6) is -0.291. The minimum absolute atomic E-state index is 0.291. The van der Waals surface area contributed by atoms with Crippen LogP contribution in [-0.4, -0.2) is 10.2 Å². The third-order valence-corrected chi connectivity index (χ3v) is 2.06. The normalized spacial score (nSPS) is 9.88. The highest BCUT2D eigenvalue weighted by atomic mass is 19.1. The van der Waals surface area contributed by atoms with Gasteiger partial charge in [0.25, 0.3) is 0 Å². The van der Waals surface area contributed by atoms with Gasteiger partial charge in [0.2, 0.25) is 0 Å². The fourth-order valence-electron chi connectivity index (χ4n) is 1.28. The quantitative estimate of drug-likeness (QED) is 0.695. The van der Waals surface area contributed by atoms with Crippen LogP contribution in [0.4, 0.5) is 21.5 Å². The molecule has 1 heterocycles. The van der Waals surface area contributed by atoms with Crippen molar-refractivity contribution in [3.05, 3.63) is 48.5 Å². The third-order valence-electron chi connectivity index (χ3n) is 2.06. The number of benzene rings is 1. The van der Waals surface area contributed by atoms with Gasteiger partial charge >= 0.3 is 0 Å². The van der Waals surface area contributed by atoms with E-state index in [-0.39, 0.29) is 5.82 Å². The van der Waals surface area contributed by atoms with Crippen LogP contribution in [-0.2, 0) is 0 Å². The van der Waals surface area contributed by atoms with Gasteiger partial charge in [0.05, 0.1) is 11.9 Å². The van der Waals surface area contributed by atoms with Gasteiger partial charge in [0, 0.05) is 11.9 Å². The maximum Gasteiger partial charge on any atom is 0.123 e. The van der Waals surface area contributed by atoms with Gasteiger partial charge in [0.1, 0.15) is 11.5 Å². The number of nitrogens with one attached hydrogen (secondary N) is 2.